The van der Waals surface area contributed by atoms with Crippen LogP contribution in [-0.2, 0) is 17.6 Å². The Morgan fingerprint density at radius 3 is 2.71 bits per heavy atom. The van der Waals surface area contributed by atoms with E-state index in [4.69, 9.17) is 4.98 Å². The fourth-order valence-corrected chi connectivity index (χ4v) is 4.79. The van der Waals surface area contributed by atoms with Gasteiger partial charge in [0.1, 0.15) is 11.9 Å². The van der Waals surface area contributed by atoms with E-state index in [1.165, 1.54) is 37.7 Å². The summed E-state index contributed by atoms with van der Waals surface area (Å²) in [7, 11) is 0. The monoisotopic (exact) mass is 464 g/mol. The van der Waals surface area contributed by atoms with Gasteiger partial charge >= 0.3 is 5.97 Å². The van der Waals surface area contributed by atoms with Crippen molar-refractivity contribution in [2.24, 2.45) is 0 Å². The molecular formula is C26H36N6O2. The maximum atomic E-state index is 11.9. The van der Waals surface area contributed by atoms with Gasteiger partial charge in [-0.1, -0.05) is 6.07 Å². The van der Waals surface area contributed by atoms with E-state index in [0.717, 1.165) is 62.4 Å². The molecule has 1 unspecified atom stereocenters. The molecule has 3 N–H and O–H groups in total. The van der Waals surface area contributed by atoms with Crippen LogP contribution in [0.4, 0.5) is 11.8 Å². The maximum Gasteiger partial charge on any atom is 0.326 e. The third-order valence-corrected chi connectivity index (χ3v) is 7.17. The lowest BCUT2D eigenvalue weighted by atomic mass is 10.1. The zero-order valence-corrected chi connectivity index (χ0v) is 19.9. The van der Waals surface area contributed by atoms with Crippen molar-refractivity contribution in [1.82, 2.24) is 19.9 Å². The zero-order valence-electron chi connectivity index (χ0n) is 19.9. The molecule has 0 bridgehead atoms. The molecule has 2 aromatic rings. The summed E-state index contributed by atoms with van der Waals surface area (Å²) in [5.41, 5.74) is 3.65. The standard InChI is InChI=1S/C26H36N6O2/c33-25(34)23(31-26-28-16-20(17-29-26)18-6-7-18)12-15-32(22-10-11-22)14-2-1-5-21-9-8-19-4-3-13-27-24(19)30-21/h8-9,16-18,22-23H,1-7,10-15H2,(H,27,30)(H,33,34)(H,28,29,31). The number of nitrogens with zero attached hydrogens (tertiary/aromatic N) is 4. The molecule has 34 heavy (non-hydrogen) atoms. The van der Waals surface area contributed by atoms with Gasteiger partial charge in [0.05, 0.1) is 0 Å². The Balaban J connectivity index is 1.07. The van der Waals surface area contributed by atoms with Crippen molar-refractivity contribution >= 4 is 17.7 Å². The molecule has 2 saturated carbocycles. The lowest BCUT2D eigenvalue weighted by molar-refractivity contribution is -0.138. The molecule has 8 nitrogen and oxygen atoms in total. The Kier molecular flexibility index (Phi) is 7.23. The number of fused-ring (bicyclic) bond motifs is 1. The molecule has 2 fully saturated rings. The van der Waals surface area contributed by atoms with Gasteiger partial charge in [-0.3, -0.25) is 0 Å². The molecule has 8 heteroatoms. The fourth-order valence-electron chi connectivity index (χ4n) is 4.79. The molecule has 0 amide bonds. The minimum atomic E-state index is -0.849. The minimum Gasteiger partial charge on any atom is -0.480 e. The van der Waals surface area contributed by atoms with Crippen LogP contribution in [0.15, 0.2) is 24.5 Å². The number of carbonyl (C=O) groups is 1. The van der Waals surface area contributed by atoms with Crippen LogP contribution in [0.2, 0.25) is 0 Å². The van der Waals surface area contributed by atoms with Gasteiger partial charge in [0.25, 0.3) is 0 Å². The average molecular weight is 465 g/mol. The van der Waals surface area contributed by atoms with Crippen molar-refractivity contribution in [3.05, 3.63) is 41.3 Å². The Hall–Kier alpha value is -2.74. The van der Waals surface area contributed by atoms with Crippen LogP contribution >= 0.6 is 0 Å². The van der Waals surface area contributed by atoms with Crippen molar-refractivity contribution in [3.8, 4) is 0 Å². The second kappa shape index (κ2) is 10.7. The molecule has 1 aliphatic heterocycles. The molecule has 5 rings (SSSR count). The first kappa shape index (κ1) is 23.0. The van der Waals surface area contributed by atoms with Gasteiger partial charge in [-0.25, -0.2) is 19.7 Å². The van der Waals surface area contributed by atoms with Crippen molar-refractivity contribution < 1.29 is 9.90 Å². The van der Waals surface area contributed by atoms with Crippen LogP contribution in [0.1, 0.15) is 74.1 Å². The number of carboxylic acid groups (broad SMARTS) is 1. The van der Waals surface area contributed by atoms with Gasteiger partial charge in [-0.05, 0) is 93.9 Å². The third kappa shape index (κ3) is 6.23. The molecule has 2 aliphatic carbocycles. The summed E-state index contributed by atoms with van der Waals surface area (Å²) in [4.78, 5) is 27.8. The number of hydrogen-bond acceptors (Lipinski definition) is 7. The molecule has 0 spiro atoms. The van der Waals surface area contributed by atoms with Crippen molar-refractivity contribution in [2.75, 3.05) is 30.3 Å². The average Bonchev–Trinajstić information content (AvgIpc) is 3.76. The van der Waals surface area contributed by atoms with Crippen LogP contribution < -0.4 is 10.6 Å². The van der Waals surface area contributed by atoms with Gasteiger partial charge in [0.2, 0.25) is 5.95 Å². The van der Waals surface area contributed by atoms with E-state index in [1.54, 1.807) is 0 Å². The number of rotatable bonds is 13. The smallest absolute Gasteiger partial charge is 0.326 e. The number of nitrogens with one attached hydrogen (secondary N) is 2. The highest BCUT2D eigenvalue weighted by Gasteiger charge is 2.30. The van der Waals surface area contributed by atoms with Gasteiger partial charge in [-0.2, -0.15) is 0 Å². The van der Waals surface area contributed by atoms with E-state index in [2.05, 4.69) is 37.6 Å². The fraction of sp³-hybridized carbons (Fsp3) is 0.615. The first-order valence-corrected chi connectivity index (χ1v) is 12.9. The predicted octanol–water partition coefficient (Wildman–Crippen LogP) is 3.85. The largest absolute Gasteiger partial charge is 0.480 e. The Labute approximate surface area is 201 Å². The molecule has 0 saturated heterocycles. The van der Waals surface area contributed by atoms with Gasteiger partial charge in [0.15, 0.2) is 0 Å². The molecule has 3 heterocycles. The molecule has 0 radical (unpaired) electrons. The van der Waals surface area contributed by atoms with Crippen molar-refractivity contribution in [1.29, 1.82) is 0 Å². The van der Waals surface area contributed by atoms with E-state index in [0.29, 0.717) is 24.3 Å². The Morgan fingerprint density at radius 1 is 1.15 bits per heavy atom. The predicted molar refractivity (Wildman–Crippen MR) is 132 cm³/mol. The van der Waals surface area contributed by atoms with E-state index in [1.807, 2.05) is 12.4 Å². The number of anilines is 2. The molecular weight excluding hydrogens is 428 g/mol. The highest BCUT2D eigenvalue weighted by Crippen LogP contribution is 2.39. The summed E-state index contributed by atoms with van der Waals surface area (Å²) in [6, 6.07) is 4.32. The number of unbranched alkanes of at least 4 members (excludes halogenated alkanes) is 1. The molecule has 1 atom stereocenters. The summed E-state index contributed by atoms with van der Waals surface area (Å²) in [5.74, 6) is 1.22. The zero-order chi connectivity index (χ0) is 23.3. The SMILES string of the molecule is O=C(O)C(CCN(CCCCc1ccc2c(n1)NCCC2)C1CC1)Nc1ncc(C2CC2)cn1. The van der Waals surface area contributed by atoms with E-state index in [-0.39, 0.29) is 0 Å². The van der Waals surface area contributed by atoms with Gasteiger partial charge < -0.3 is 20.6 Å². The number of aryl methyl sites for hydroxylation is 2. The lowest BCUT2D eigenvalue weighted by Crippen LogP contribution is -2.36. The maximum absolute atomic E-state index is 11.9. The number of pyridine rings is 1. The highest BCUT2D eigenvalue weighted by atomic mass is 16.4. The Morgan fingerprint density at radius 2 is 1.97 bits per heavy atom. The first-order valence-electron chi connectivity index (χ1n) is 12.9. The summed E-state index contributed by atoms with van der Waals surface area (Å²) in [6.07, 6.45) is 14.5. The van der Waals surface area contributed by atoms with Crippen LogP contribution in [0.5, 0.6) is 0 Å². The van der Waals surface area contributed by atoms with Crippen LogP contribution in [-0.4, -0.2) is 62.6 Å². The van der Waals surface area contributed by atoms with Crippen LogP contribution in [0, 0.1) is 0 Å². The van der Waals surface area contributed by atoms with Crippen LogP contribution in [0.3, 0.4) is 0 Å². The normalized spacial score (nSPS) is 18.3. The summed E-state index contributed by atoms with van der Waals surface area (Å²) in [6.45, 7) is 2.80. The minimum absolute atomic E-state index is 0.404. The molecule has 3 aliphatic rings. The van der Waals surface area contributed by atoms with Crippen molar-refractivity contribution in [3.63, 3.8) is 0 Å². The molecule has 182 valence electrons. The quantitative estimate of drug-likeness (QED) is 0.384. The van der Waals surface area contributed by atoms with E-state index in [9.17, 15) is 9.90 Å². The number of carboxylic acids is 1. The van der Waals surface area contributed by atoms with E-state index >= 15 is 0 Å². The summed E-state index contributed by atoms with van der Waals surface area (Å²) < 4.78 is 0. The third-order valence-electron chi connectivity index (χ3n) is 7.17. The van der Waals surface area contributed by atoms with Gasteiger partial charge in [0, 0.05) is 37.2 Å². The lowest BCUT2D eigenvalue weighted by Gasteiger charge is -2.24. The van der Waals surface area contributed by atoms with Gasteiger partial charge in [-0.15, -0.1) is 0 Å². The molecule has 0 aromatic carbocycles. The van der Waals surface area contributed by atoms with Crippen LogP contribution in [0.25, 0.3) is 0 Å². The number of aliphatic carboxylic acids is 1. The topological polar surface area (TPSA) is 103 Å². The second-order valence-corrected chi connectivity index (χ2v) is 10.0. The number of hydrogen-bond donors (Lipinski definition) is 3. The van der Waals surface area contributed by atoms with Crippen molar-refractivity contribution in [2.45, 2.75) is 82.2 Å². The highest BCUT2D eigenvalue weighted by molar-refractivity contribution is 5.76. The molecule has 2 aromatic heterocycles. The summed E-state index contributed by atoms with van der Waals surface area (Å²) in [5, 5.41) is 16.2. The number of aromatic nitrogens is 3. The van der Waals surface area contributed by atoms with E-state index < -0.39 is 12.0 Å². The first-order chi connectivity index (χ1) is 16.7. The summed E-state index contributed by atoms with van der Waals surface area (Å²) >= 11 is 0. The Bertz CT molecular complexity index is 974. The second-order valence-electron chi connectivity index (χ2n) is 10.0.